The highest BCUT2D eigenvalue weighted by atomic mass is 15.2. The molecule has 0 saturated carbocycles. The second-order valence-electron chi connectivity index (χ2n) is 21.4. The molecule has 0 aliphatic heterocycles. The van der Waals surface area contributed by atoms with E-state index in [1.165, 1.54) is 309 Å². The number of rotatable bonds is 60. The fraction of sp³-hybridized carbons (Fsp3) is 0.937. The highest BCUT2D eigenvalue weighted by molar-refractivity contribution is 4.92. The van der Waals surface area contributed by atoms with Crippen molar-refractivity contribution in [1.29, 1.82) is 0 Å². The lowest BCUT2D eigenvalue weighted by atomic mass is 10.1. The predicted octanol–water partition coefficient (Wildman–Crippen LogP) is 18.3. The van der Waals surface area contributed by atoms with Gasteiger partial charge in [0.2, 0.25) is 0 Å². The average molecular weight is 957 g/mol. The van der Waals surface area contributed by atoms with E-state index in [-0.39, 0.29) is 0 Å². The summed E-state index contributed by atoms with van der Waals surface area (Å²) in [7, 11) is 0. The molecule has 68 heavy (non-hydrogen) atoms. The maximum atomic E-state index is 3.81. The Hall–Kier alpha value is -0.720. The Bertz CT molecular complexity index is 952. The molecule has 0 aromatic heterocycles. The van der Waals surface area contributed by atoms with Crippen molar-refractivity contribution in [3.63, 3.8) is 0 Å². The molecule has 406 valence electrons. The van der Waals surface area contributed by atoms with E-state index in [2.05, 4.69) is 84.3 Å². The lowest BCUT2D eigenvalue weighted by Gasteiger charge is -2.27. The highest BCUT2D eigenvalue weighted by Gasteiger charge is 2.10. The van der Waals surface area contributed by atoms with Gasteiger partial charge in [0.25, 0.3) is 0 Å². The normalized spacial score (nSPS) is 12.2. The van der Waals surface area contributed by atoms with Gasteiger partial charge < -0.3 is 25.3 Å². The molecule has 2 N–H and O–H groups in total. The van der Waals surface area contributed by atoms with Crippen LogP contribution in [0.5, 0.6) is 0 Å². The molecule has 0 radical (unpaired) electrons. The van der Waals surface area contributed by atoms with Gasteiger partial charge in [-0.2, -0.15) is 0 Å². The molecule has 0 spiro atoms. The molecule has 0 rings (SSSR count). The third-order valence-corrected chi connectivity index (χ3v) is 14.8. The topological polar surface area (TPSA) is 33.8 Å². The second-order valence-corrected chi connectivity index (χ2v) is 21.4. The van der Waals surface area contributed by atoms with E-state index in [0.717, 1.165) is 39.1 Å². The lowest BCUT2D eigenvalue weighted by molar-refractivity contribution is 0.203. The molecule has 5 nitrogen and oxygen atoms in total. The van der Waals surface area contributed by atoms with Gasteiger partial charge in [-0.3, -0.25) is 0 Å². The van der Waals surface area contributed by atoms with Crippen LogP contribution in [0.15, 0.2) is 24.3 Å². The van der Waals surface area contributed by atoms with Crippen LogP contribution in [0.3, 0.4) is 0 Å². The molecular weight excluding hydrogens is 827 g/mol. The number of hydrogen-bond acceptors (Lipinski definition) is 5. The van der Waals surface area contributed by atoms with E-state index in [1.54, 1.807) is 0 Å². The van der Waals surface area contributed by atoms with E-state index in [0.29, 0.717) is 0 Å². The summed E-state index contributed by atoms with van der Waals surface area (Å²) in [5, 5.41) is 7.60. The van der Waals surface area contributed by atoms with E-state index < -0.39 is 0 Å². The molecule has 0 atom stereocenters. The van der Waals surface area contributed by atoms with E-state index >= 15 is 0 Å². The molecule has 0 aromatic rings. The van der Waals surface area contributed by atoms with Crippen LogP contribution in [0, 0.1) is 0 Å². The monoisotopic (exact) mass is 956 g/mol. The smallest absolute Gasteiger partial charge is 0.0110 e. The Morgan fingerprint density at radius 2 is 0.500 bits per heavy atom. The molecule has 0 amide bonds. The van der Waals surface area contributed by atoms with Gasteiger partial charge in [-0.1, -0.05) is 264 Å². The maximum absolute atomic E-state index is 3.81. The molecule has 0 fully saturated rings. The summed E-state index contributed by atoms with van der Waals surface area (Å²) < 4.78 is 0. The standard InChI is InChI=1S/C63H129N5/c1-6-11-15-19-23-27-30-31-32-33-34-35-39-42-45-49-57-67(56-48-44-41-37-28-24-20-16-12-7-2)61-55-65-53-52-64-54-60-66(10-5)62-63-68(58-50-46-40-36-26-22-18-14-9-4)59-51-47-43-38-29-25-21-17-13-8-3/h23,27,31-32,64-65H,6-22,24-26,28-30,33-63H2,1-5H3/b27-23-,32-31-. The fourth-order valence-corrected chi connectivity index (χ4v) is 9.90. The van der Waals surface area contributed by atoms with Crippen LogP contribution in [0.4, 0.5) is 0 Å². The number of unbranched alkanes of at least 4 members (excludes halogenated alkanes) is 35. The van der Waals surface area contributed by atoms with E-state index in [4.69, 9.17) is 0 Å². The van der Waals surface area contributed by atoms with Crippen LogP contribution in [0.2, 0.25) is 0 Å². The van der Waals surface area contributed by atoms with Crippen molar-refractivity contribution < 1.29 is 0 Å². The third kappa shape index (κ3) is 54.6. The molecule has 0 aliphatic rings. The Labute approximate surface area is 430 Å². The molecule has 0 aliphatic carbocycles. The van der Waals surface area contributed by atoms with Crippen molar-refractivity contribution in [3.05, 3.63) is 24.3 Å². The first-order valence-electron chi connectivity index (χ1n) is 31.6. The summed E-state index contributed by atoms with van der Waals surface area (Å²) in [6.45, 7) is 27.2. The first kappa shape index (κ1) is 67.3. The summed E-state index contributed by atoms with van der Waals surface area (Å²) >= 11 is 0. The van der Waals surface area contributed by atoms with Crippen LogP contribution in [-0.4, -0.2) is 99.8 Å². The number of hydrogen-bond donors (Lipinski definition) is 2. The zero-order valence-electron chi connectivity index (χ0n) is 47.8. The van der Waals surface area contributed by atoms with Crippen molar-refractivity contribution >= 4 is 0 Å². The van der Waals surface area contributed by atoms with Gasteiger partial charge in [0.15, 0.2) is 0 Å². The van der Waals surface area contributed by atoms with Crippen molar-refractivity contribution in [3.8, 4) is 0 Å². The number of likely N-dealkylation sites (N-methyl/N-ethyl adjacent to an activating group) is 1. The number of nitrogens with zero attached hydrogens (tertiary/aromatic N) is 3. The minimum atomic E-state index is 1.07. The summed E-state index contributed by atoms with van der Waals surface area (Å²) in [4.78, 5) is 8.33. The molecule has 0 saturated heterocycles. The van der Waals surface area contributed by atoms with Crippen LogP contribution < -0.4 is 10.6 Å². The summed E-state index contributed by atoms with van der Waals surface area (Å²) in [6.07, 6.45) is 66.9. The zero-order chi connectivity index (χ0) is 49.2. The number of nitrogens with one attached hydrogen (secondary N) is 2. The second kappa shape index (κ2) is 60.6. The summed E-state index contributed by atoms with van der Waals surface area (Å²) in [6, 6.07) is 0. The molecule has 5 heteroatoms. The van der Waals surface area contributed by atoms with Gasteiger partial charge in [-0.15, -0.1) is 0 Å². The predicted molar refractivity (Wildman–Crippen MR) is 311 cm³/mol. The lowest BCUT2D eigenvalue weighted by Crippen LogP contribution is -2.40. The minimum absolute atomic E-state index is 1.07. The van der Waals surface area contributed by atoms with Crippen molar-refractivity contribution in [2.45, 2.75) is 298 Å². The maximum Gasteiger partial charge on any atom is 0.0110 e. The third-order valence-electron chi connectivity index (χ3n) is 14.8. The van der Waals surface area contributed by atoms with Gasteiger partial charge in [-0.05, 0) is 90.5 Å². The molecular formula is C63H129N5. The van der Waals surface area contributed by atoms with Gasteiger partial charge in [0, 0.05) is 52.4 Å². The number of allylic oxidation sites excluding steroid dienone is 4. The van der Waals surface area contributed by atoms with Gasteiger partial charge >= 0.3 is 0 Å². The largest absolute Gasteiger partial charge is 0.314 e. The molecule has 0 aromatic carbocycles. The first-order chi connectivity index (χ1) is 33.7. The quantitative estimate of drug-likeness (QED) is 0.0469. The van der Waals surface area contributed by atoms with E-state index in [1.807, 2.05) is 0 Å². The van der Waals surface area contributed by atoms with Gasteiger partial charge in [0.1, 0.15) is 0 Å². The minimum Gasteiger partial charge on any atom is -0.314 e. The SMILES string of the molecule is CCCCC/C=C\C/C=C\CCCCCCCCN(CCCCCCCCCCCC)CCNCCNCCN(CC)CCN(CCCCCCCCCCC)CCCCCCCCCCCC. The van der Waals surface area contributed by atoms with Crippen LogP contribution in [0.25, 0.3) is 0 Å². The van der Waals surface area contributed by atoms with Gasteiger partial charge in [0.05, 0.1) is 0 Å². The molecule has 0 heterocycles. The van der Waals surface area contributed by atoms with Crippen molar-refractivity contribution in [1.82, 2.24) is 25.3 Å². The van der Waals surface area contributed by atoms with Crippen LogP contribution in [-0.2, 0) is 0 Å². The van der Waals surface area contributed by atoms with Crippen LogP contribution in [0.1, 0.15) is 298 Å². The van der Waals surface area contributed by atoms with Crippen LogP contribution >= 0.6 is 0 Å². The summed E-state index contributed by atoms with van der Waals surface area (Å²) in [5.74, 6) is 0. The molecule has 0 unspecified atom stereocenters. The molecule has 0 bridgehead atoms. The highest BCUT2D eigenvalue weighted by Crippen LogP contribution is 2.15. The Morgan fingerprint density at radius 1 is 0.235 bits per heavy atom. The van der Waals surface area contributed by atoms with Gasteiger partial charge in [-0.25, -0.2) is 0 Å². The zero-order valence-corrected chi connectivity index (χ0v) is 47.8. The van der Waals surface area contributed by atoms with Crippen molar-refractivity contribution in [2.24, 2.45) is 0 Å². The van der Waals surface area contributed by atoms with Crippen molar-refractivity contribution in [2.75, 3.05) is 85.1 Å². The van der Waals surface area contributed by atoms with E-state index in [9.17, 15) is 0 Å². The average Bonchev–Trinajstić information content (AvgIpc) is 3.35. The summed E-state index contributed by atoms with van der Waals surface area (Å²) in [5.41, 5.74) is 0. The Balaban J connectivity index is 4.50. The Morgan fingerprint density at radius 3 is 0.853 bits per heavy atom. The first-order valence-corrected chi connectivity index (χ1v) is 31.6. The Kier molecular flexibility index (Phi) is 59.9. The fourth-order valence-electron chi connectivity index (χ4n) is 9.90.